The van der Waals surface area contributed by atoms with Crippen LogP contribution in [0.3, 0.4) is 0 Å². The second kappa shape index (κ2) is 5.13. The van der Waals surface area contributed by atoms with Gasteiger partial charge in [-0.15, -0.1) is 0 Å². The van der Waals surface area contributed by atoms with Gasteiger partial charge < -0.3 is 9.67 Å². The van der Waals surface area contributed by atoms with Gasteiger partial charge in [0.2, 0.25) is 0 Å². The van der Waals surface area contributed by atoms with Gasteiger partial charge in [0.25, 0.3) is 0 Å². The van der Waals surface area contributed by atoms with Crippen molar-refractivity contribution in [2.45, 2.75) is 19.9 Å². The van der Waals surface area contributed by atoms with Crippen LogP contribution in [0.15, 0.2) is 36.7 Å². The third-order valence-electron chi connectivity index (χ3n) is 3.14. The van der Waals surface area contributed by atoms with Gasteiger partial charge >= 0.3 is 0 Å². The second-order valence-corrected chi connectivity index (χ2v) is 5.09. The van der Waals surface area contributed by atoms with Crippen LogP contribution in [0, 0.1) is 0 Å². The predicted molar refractivity (Wildman–Crippen MR) is 79.9 cm³/mol. The molecular weight excluding hydrogens is 274 g/mol. The molecule has 0 bridgehead atoms. The molecule has 0 spiro atoms. The first-order valence-electron chi connectivity index (χ1n) is 6.49. The molecular formula is C15H14ClN3O. The molecule has 20 heavy (non-hydrogen) atoms. The number of halogens is 1. The number of aromatic hydroxyl groups is 1. The molecule has 0 atom stereocenters. The van der Waals surface area contributed by atoms with E-state index in [0.29, 0.717) is 5.02 Å². The molecule has 5 heteroatoms. The molecule has 1 N–H and O–H groups in total. The lowest BCUT2D eigenvalue weighted by molar-refractivity contribution is 0.473. The van der Waals surface area contributed by atoms with E-state index in [1.807, 2.05) is 18.2 Å². The summed E-state index contributed by atoms with van der Waals surface area (Å²) in [7, 11) is 0. The van der Waals surface area contributed by atoms with Gasteiger partial charge in [-0.3, -0.25) is 4.98 Å². The van der Waals surface area contributed by atoms with Crippen molar-refractivity contribution in [3.63, 3.8) is 0 Å². The number of fused-ring (bicyclic) bond motifs is 1. The summed E-state index contributed by atoms with van der Waals surface area (Å²) in [6, 6.07) is 7.32. The number of benzene rings is 1. The lowest BCUT2D eigenvalue weighted by atomic mass is 10.2. The van der Waals surface area contributed by atoms with Crippen molar-refractivity contribution in [2.75, 3.05) is 0 Å². The summed E-state index contributed by atoms with van der Waals surface area (Å²) in [6.07, 6.45) is 4.10. The third-order valence-corrected chi connectivity index (χ3v) is 3.37. The molecule has 0 amide bonds. The summed E-state index contributed by atoms with van der Waals surface area (Å²) in [4.78, 5) is 8.66. The number of hydrogen-bond donors (Lipinski definition) is 1. The summed E-state index contributed by atoms with van der Waals surface area (Å²) in [5.74, 6) is 0.933. The van der Waals surface area contributed by atoms with Gasteiger partial charge in [0.05, 0.1) is 17.2 Å². The Labute approximate surface area is 121 Å². The Morgan fingerprint density at radius 2 is 2.10 bits per heavy atom. The Morgan fingerprint density at radius 3 is 2.85 bits per heavy atom. The highest BCUT2D eigenvalue weighted by molar-refractivity contribution is 6.31. The standard InChI is InChI=1S/C15H14ClN3O/c1-2-5-19-14-7-11(16)3-4-13(14)18-15(19)10-6-12(20)9-17-8-10/h3-4,6-9,20H,2,5H2,1H3. The lowest BCUT2D eigenvalue weighted by Crippen LogP contribution is -1.99. The fourth-order valence-electron chi connectivity index (χ4n) is 2.32. The number of hydrogen-bond acceptors (Lipinski definition) is 3. The molecule has 0 radical (unpaired) electrons. The number of imidazole rings is 1. The van der Waals surface area contributed by atoms with Crippen LogP contribution in [0.25, 0.3) is 22.4 Å². The summed E-state index contributed by atoms with van der Waals surface area (Å²) in [6.45, 7) is 2.95. The van der Waals surface area contributed by atoms with Crippen molar-refractivity contribution in [1.29, 1.82) is 0 Å². The van der Waals surface area contributed by atoms with Gasteiger partial charge in [-0.25, -0.2) is 4.98 Å². The van der Waals surface area contributed by atoms with Crippen LogP contribution in [-0.2, 0) is 6.54 Å². The Balaban J connectivity index is 2.26. The lowest BCUT2D eigenvalue weighted by Gasteiger charge is -2.07. The molecule has 0 aliphatic carbocycles. The van der Waals surface area contributed by atoms with Crippen molar-refractivity contribution in [3.8, 4) is 17.1 Å². The Hall–Kier alpha value is -2.07. The molecule has 3 rings (SSSR count). The first kappa shape index (κ1) is 12.9. The van der Waals surface area contributed by atoms with Crippen LogP contribution in [-0.4, -0.2) is 19.6 Å². The maximum absolute atomic E-state index is 9.59. The van der Waals surface area contributed by atoms with Gasteiger partial charge in [0.15, 0.2) is 0 Å². The molecule has 4 nitrogen and oxygen atoms in total. The molecule has 0 fully saturated rings. The van der Waals surface area contributed by atoms with Gasteiger partial charge in [-0.05, 0) is 30.7 Å². The monoisotopic (exact) mass is 287 g/mol. The first-order chi connectivity index (χ1) is 9.69. The largest absolute Gasteiger partial charge is 0.506 e. The summed E-state index contributed by atoms with van der Waals surface area (Å²) in [5, 5.41) is 10.3. The molecule has 3 aromatic rings. The van der Waals surface area contributed by atoms with Crippen LogP contribution in [0.4, 0.5) is 0 Å². The zero-order valence-electron chi connectivity index (χ0n) is 11.0. The third kappa shape index (κ3) is 2.23. The summed E-state index contributed by atoms with van der Waals surface area (Å²) < 4.78 is 2.11. The Morgan fingerprint density at radius 1 is 1.25 bits per heavy atom. The van der Waals surface area contributed by atoms with Crippen molar-refractivity contribution < 1.29 is 5.11 Å². The molecule has 102 valence electrons. The number of pyridine rings is 1. The second-order valence-electron chi connectivity index (χ2n) is 4.65. The van der Waals surface area contributed by atoms with E-state index in [4.69, 9.17) is 11.6 Å². The van der Waals surface area contributed by atoms with Crippen LogP contribution < -0.4 is 0 Å². The smallest absolute Gasteiger partial charge is 0.142 e. The van der Waals surface area contributed by atoms with Crippen LogP contribution in [0.5, 0.6) is 5.75 Å². The molecule has 1 aromatic carbocycles. The van der Waals surface area contributed by atoms with E-state index < -0.39 is 0 Å². The Bertz CT molecular complexity index is 767. The average Bonchev–Trinajstić information content (AvgIpc) is 2.78. The van der Waals surface area contributed by atoms with E-state index >= 15 is 0 Å². The van der Waals surface area contributed by atoms with E-state index in [2.05, 4.69) is 21.5 Å². The number of nitrogens with zero attached hydrogens (tertiary/aromatic N) is 3. The highest BCUT2D eigenvalue weighted by atomic mass is 35.5. The molecule has 0 unspecified atom stereocenters. The molecule has 0 saturated carbocycles. The number of rotatable bonds is 3. The minimum Gasteiger partial charge on any atom is -0.506 e. The summed E-state index contributed by atoms with van der Waals surface area (Å²) >= 11 is 6.08. The molecule has 0 aliphatic rings. The topological polar surface area (TPSA) is 50.9 Å². The molecule has 0 aliphatic heterocycles. The maximum atomic E-state index is 9.59. The van der Waals surface area contributed by atoms with E-state index in [0.717, 1.165) is 35.4 Å². The zero-order valence-corrected chi connectivity index (χ0v) is 11.8. The fraction of sp³-hybridized carbons (Fsp3) is 0.200. The van der Waals surface area contributed by atoms with Crippen molar-refractivity contribution in [2.24, 2.45) is 0 Å². The number of aromatic nitrogens is 3. The van der Waals surface area contributed by atoms with Crippen LogP contribution >= 0.6 is 11.6 Å². The van der Waals surface area contributed by atoms with E-state index in [1.165, 1.54) is 6.20 Å². The number of aryl methyl sites for hydroxylation is 1. The SMILES string of the molecule is CCCn1c(-c2cncc(O)c2)nc2ccc(Cl)cc21. The van der Waals surface area contributed by atoms with Gasteiger partial charge in [0, 0.05) is 23.3 Å². The van der Waals surface area contributed by atoms with Crippen LogP contribution in [0.2, 0.25) is 5.02 Å². The quantitative estimate of drug-likeness (QED) is 0.795. The summed E-state index contributed by atoms with van der Waals surface area (Å²) in [5.41, 5.74) is 2.68. The molecule has 2 aromatic heterocycles. The maximum Gasteiger partial charge on any atom is 0.142 e. The van der Waals surface area contributed by atoms with Crippen molar-refractivity contribution in [1.82, 2.24) is 14.5 Å². The zero-order chi connectivity index (χ0) is 14.1. The molecule has 0 saturated heterocycles. The van der Waals surface area contributed by atoms with Gasteiger partial charge in [-0.1, -0.05) is 18.5 Å². The van der Waals surface area contributed by atoms with Gasteiger partial charge in [-0.2, -0.15) is 0 Å². The normalized spacial score (nSPS) is 11.1. The van der Waals surface area contributed by atoms with Gasteiger partial charge in [0.1, 0.15) is 11.6 Å². The minimum atomic E-state index is 0.135. The van der Waals surface area contributed by atoms with Crippen molar-refractivity contribution >= 4 is 22.6 Å². The highest BCUT2D eigenvalue weighted by Crippen LogP contribution is 2.28. The Kier molecular flexibility index (Phi) is 3.32. The van der Waals surface area contributed by atoms with E-state index in [1.54, 1.807) is 12.3 Å². The van der Waals surface area contributed by atoms with Crippen molar-refractivity contribution in [3.05, 3.63) is 41.7 Å². The highest BCUT2D eigenvalue weighted by Gasteiger charge is 2.13. The average molecular weight is 288 g/mol. The van der Waals surface area contributed by atoms with Crippen LogP contribution in [0.1, 0.15) is 13.3 Å². The fourth-order valence-corrected chi connectivity index (χ4v) is 2.48. The minimum absolute atomic E-state index is 0.135. The molecule has 2 heterocycles. The van der Waals surface area contributed by atoms with E-state index in [9.17, 15) is 5.11 Å². The first-order valence-corrected chi connectivity index (χ1v) is 6.87. The predicted octanol–water partition coefficient (Wildman–Crippen LogP) is 3.87. The van der Waals surface area contributed by atoms with E-state index in [-0.39, 0.29) is 5.75 Å².